The number of nitrogens with one attached hydrogen (secondary N) is 3. The fourth-order valence-corrected chi connectivity index (χ4v) is 2.48. The summed E-state index contributed by atoms with van der Waals surface area (Å²) in [5, 5.41) is 14.9. The molecule has 3 rings (SSSR count). The molecule has 2 fully saturated rings. The van der Waals surface area contributed by atoms with Crippen LogP contribution in [0.15, 0.2) is 35.7 Å². The van der Waals surface area contributed by atoms with Crippen molar-refractivity contribution in [3.05, 3.63) is 35.7 Å². The second-order valence-electron chi connectivity index (χ2n) is 5.86. The first-order chi connectivity index (χ1) is 9.26. The fraction of sp³-hybridized carbons (Fsp3) is 0.562. The highest BCUT2D eigenvalue weighted by Crippen LogP contribution is 2.37. The van der Waals surface area contributed by atoms with Crippen LogP contribution < -0.4 is 10.6 Å². The van der Waals surface area contributed by atoms with E-state index in [1.807, 2.05) is 7.05 Å². The van der Waals surface area contributed by atoms with Gasteiger partial charge in [-0.2, -0.15) is 0 Å². The zero-order chi connectivity index (χ0) is 13.2. The zero-order valence-electron chi connectivity index (χ0n) is 11.6. The first-order valence-corrected chi connectivity index (χ1v) is 7.39. The third kappa shape index (κ3) is 3.28. The van der Waals surface area contributed by atoms with Gasteiger partial charge in [0.25, 0.3) is 0 Å². The number of hydrogen-bond acceptors (Lipinski definition) is 3. The highest BCUT2D eigenvalue weighted by atomic mass is 14.9. The largest absolute Gasteiger partial charge is 0.388 e. The molecule has 1 atom stereocenters. The standard InChI is InChI=1S/C16H23N3/c1-18-13-6-8-14(9-7-13)19-16(12-4-5-12)10-15(17)11-2-3-11/h6-8,10-12,14,17-19H,2-5,9H2,1H3/b16-10-,17-15?. The molecule has 0 saturated heterocycles. The van der Waals surface area contributed by atoms with Crippen molar-refractivity contribution in [2.75, 3.05) is 7.05 Å². The van der Waals surface area contributed by atoms with E-state index < -0.39 is 0 Å². The second-order valence-corrected chi connectivity index (χ2v) is 5.86. The third-order valence-corrected chi connectivity index (χ3v) is 4.09. The minimum Gasteiger partial charge on any atom is -0.388 e. The van der Waals surface area contributed by atoms with E-state index >= 15 is 0 Å². The Morgan fingerprint density at radius 3 is 2.53 bits per heavy atom. The highest BCUT2D eigenvalue weighted by molar-refractivity contribution is 5.96. The summed E-state index contributed by atoms with van der Waals surface area (Å²) in [5.41, 5.74) is 3.33. The van der Waals surface area contributed by atoms with Crippen molar-refractivity contribution in [1.82, 2.24) is 10.6 Å². The van der Waals surface area contributed by atoms with Gasteiger partial charge in [-0.1, -0.05) is 12.2 Å². The Balaban J connectivity index is 1.61. The minimum absolute atomic E-state index is 0.385. The lowest BCUT2D eigenvalue weighted by Gasteiger charge is -2.21. The van der Waals surface area contributed by atoms with E-state index in [1.54, 1.807) is 0 Å². The molecule has 3 nitrogen and oxygen atoms in total. The molecule has 0 aromatic carbocycles. The Kier molecular flexibility index (Phi) is 3.45. The summed E-state index contributed by atoms with van der Waals surface area (Å²) >= 11 is 0. The van der Waals surface area contributed by atoms with Gasteiger partial charge in [0, 0.05) is 36.1 Å². The Morgan fingerprint density at radius 1 is 1.26 bits per heavy atom. The van der Waals surface area contributed by atoms with Gasteiger partial charge >= 0.3 is 0 Å². The predicted molar refractivity (Wildman–Crippen MR) is 79.1 cm³/mol. The quantitative estimate of drug-likeness (QED) is 0.641. The molecule has 0 radical (unpaired) electrons. The lowest BCUT2D eigenvalue weighted by atomic mass is 10.1. The molecule has 1 unspecified atom stereocenters. The summed E-state index contributed by atoms with van der Waals surface area (Å²) in [5.74, 6) is 1.23. The van der Waals surface area contributed by atoms with Crippen LogP contribution >= 0.6 is 0 Å². The van der Waals surface area contributed by atoms with Crippen LogP contribution in [0, 0.1) is 17.2 Å². The Morgan fingerprint density at radius 2 is 2.00 bits per heavy atom. The van der Waals surface area contributed by atoms with Gasteiger partial charge in [0.1, 0.15) is 0 Å². The zero-order valence-corrected chi connectivity index (χ0v) is 11.6. The monoisotopic (exact) mass is 257 g/mol. The van der Waals surface area contributed by atoms with Crippen LogP contribution in [0.1, 0.15) is 32.1 Å². The van der Waals surface area contributed by atoms with E-state index in [2.05, 4.69) is 34.9 Å². The van der Waals surface area contributed by atoms with E-state index in [0.29, 0.717) is 17.9 Å². The van der Waals surface area contributed by atoms with Crippen LogP contribution in [0.4, 0.5) is 0 Å². The number of hydrogen-bond donors (Lipinski definition) is 3. The molecule has 0 bridgehead atoms. The average Bonchev–Trinajstić information content (AvgIpc) is 3.31. The van der Waals surface area contributed by atoms with Crippen molar-refractivity contribution >= 4 is 5.71 Å². The predicted octanol–water partition coefficient (Wildman–Crippen LogP) is 2.73. The van der Waals surface area contributed by atoms with Crippen LogP contribution in [-0.2, 0) is 0 Å². The third-order valence-electron chi connectivity index (χ3n) is 4.09. The van der Waals surface area contributed by atoms with Crippen LogP contribution in [0.25, 0.3) is 0 Å². The molecular weight excluding hydrogens is 234 g/mol. The van der Waals surface area contributed by atoms with E-state index in [1.165, 1.54) is 37.1 Å². The van der Waals surface area contributed by atoms with Gasteiger partial charge in [-0.3, -0.25) is 0 Å². The summed E-state index contributed by atoms with van der Waals surface area (Å²) in [6, 6.07) is 0.385. The van der Waals surface area contributed by atoms with Crippen LogP contribution in [0.2, 0.25) is 0 Å². The van der Waals surface area contributed by atoms with Crippen LogP contribution in [0.3, 0.4) is 0 Å². The first kappa shape index (κ1) is 12.5. The lowest BCUT2D eigenvalue weighted by molar-refractivity contribution is 0.635. The topological polar surface area (TPSA) is 47.9 Å². The molecule has 0 heterocycles. The van der Waals surface area contributed by atoms with Gasteiger partial charge in [0.05, 0.1) is 0 Å². The van der Waals surface area contributed by atoms with E-state index in [4.69, 9.17) is 5.41 Å². The van der Waals surface area contributed by atoms with E-state index in [0.717, 1.165) is 12.1 Å². The molecule has 3 aliphatic carbocycles. The number of allylic oxidation sites excluding steroid dienone is 3. The summed E-state index contributed by atoms with van der Waals surface area (Å²) in [6.45, 7) is 0. The Hall–Kier alpha value is -1.51. The Bertz CT molecular complexity index is 451. The second kappa shape index (κ2) is 5.24. The van der Waals surface area contributed by atoms with Crippen LogP contribution in [0.5, 0.6) is 0 Å². The number of rotatable bonds is 6. The SMILES string of the molecule is CNC1=CCC(N/C(=C\C(=N)C2CC2)C2CC2)C=C1. The van der Waals surface area contributed by atoms with Gasteiger partial charge in [0.15, 0.2) is 0 Å². The summed E-state index contributed by atoms with van der Waals surface area (Å²) < 4.78 is 0. The maximum atomic E-state index is 8.08. The first-order valence-electron chi connectivity index (χ1n) is 7.39. The molecular formula is C16H23N3. The minimum atomic E-state index is 0.385. The molecule has 3 aliphatic rings. The van der Waals surface area contributed by atoms with Gasteiger partial charge in [0.2, 0.25) is 0 Å². The Labute approximate surface area is 115 Å². The average molecular weight is 257 g/mol. The smallest absolute Gasteiger partial charge is 0.0480 e. The fourth-order valence-electron chi connectivity index (χ4n) is 2.48. The molecule has 3 N–H and O–H groups in total. The lowest BCUT2D eigenvalue weighted by Crippen LogP contribution is -2.29. The van der Waals surface area contributed by atoms with Crippen molar-refractivity contribution in [3.8, 4) is 0 Å². The van der Waals surface area contributed by atoms with Gasteiger partial charge in [-0.15, -0.1) is 0 Å². The summed E-state index contributed by atoms with van der Waals surface area (Å²) in [6.07, 6.45) is 14.7. The molecule has 0 aliphatic heterocycles. The van der Waals surface area contributed by atoms with Crippen LogP contribution in [-0.4, -0.2) is 18.8 Å². The molecule has 0 spiro atoms. The maximum Gasteiger partial charge on any atom is 0.0480 e. The van der Waals surface area contributed by atoms with Gasteiger partial charge < -0.3 is 16.0 Å². The molecule has 102 valence electrons. The normalized spacial score (nSPS) is 26.9. The summed E-state index contributed by atoms with van der Waals surface area (Å²) in [4.78, 5) is 0. The summed E-state index contributed by atoms with van der Waals surface area (Å²) in [7, 11) is 1.95. The van der Waals surface area contributed by atoms with E-state index in [-0.39, 0.29) is 0 Å². The van der Waals surface area contributed by atoms with Crippen molar-refractivity contribution < 1.29 is 0 Å². The van der Waals surface area contributed by atoms with Crippen molar-refractivity contribution in [2.24, 2.45) is 11.8 Å². The van der Waals surface area contributed by atoms with Gasteiger partial charge in [-0.05, 0) is 50.2 Å². The molecule has 19 heavy (non-hydrogen) atoms. The van der Waals surface area contributed by atoms with Crippen molar-refractivity contribution in [1.29, 1.82) is 5.41 Å². The number of likely N-dealkylation sites (N-methyl/N-ethyl adjacent to an activating group) is 1. The molecule has 0 aromatic rings. The molecule has 0 amide bonds. The maximum absolute atomic E-state index is 8.08. The van der Waals surface area contributed by atoms with Crippen molar-refractivity contribution in [3.63, 3.8) is 0 Å². The van der Waals surface area contributed by atoms with Crippen molar-refractivity contribution in [2.45, 2.75) is 38.1 Å². The molecule has 3 heteroatoms. The van der Waals surface area contributed by atoms with Gasteiger partial charge in [-0.25, -0.2) is 0 Å². The van der Waals surface area contributed by atoms with E-state index in [9.17, 15) is 0 Å². The highest BCUT2D eigenvalue weighted by Gasteiger charge is 2.30. The molecule has 0 aromatic heterocycles. The molecule has 2 saturated carbocycles.